The topological polar surface area (TPSA) is 26.3 Å². The van der Waals surface area contributed by atoms with Gasteiger partial charge in [0.25, 0.3) is 0 Å². The number of esters is 1. The van der Waals surface area contributed by atoms with Crippen LogP contribution in [0.2, 0.25) is 0 Å². The zero-order valence-corrected chi connectivity index (χ0v) is 15.1. The molecule has 3 rings (SSSR count). The van der Waals surface area contributed by atoms with Crippen molar-refractivity contribution in [3.8, 4) is 5.75 Å². The van der Waals surface area contributed by atoms with E-state index >= 15 is 0 Å². The minimum Gasteiger partial charge on any atom is -0.423 e. The molecule has 0 spiro atoms. The Morgan fingerprint density at radius 1 is 1.00 bits per heavy atom. The van der Waals surface area contributed by atoms with Crippen LogP contribution in [0.4, 0.5) is 0 Å². The van der Waals surface area contributed by atoms with Gasteiger partial charge in [0.2, 0.25) is 0 Å². The molecule has 0 bridgehead atoms. The maximum Gasteiger partial charge on any atom is 0.336 e. The average Bonchev–Trinajstić information content (AvgIpc) is 2.56. The number of halogens is 1. The van der Waals surface area contributed by atoms with Gasteiger partial charge < -0.3 is 4.74 Å². The minimum atomic E-state index is -0.378. The molecule has 0 fully saturated rings. The van der Waals surface area contributed by atoms with Crippen LogP contribution in [0.15, 0.2) is 65.1 Å². The Labute approximate surface area is 149 Å². The van der Waals surface area contributed by atoms with Crippen molar-refractivity contribution >= 4 is 38.7 Å². The number of carbonyl (C=O) groups excluding carboxylic acids is 1. The van der Waals surface area contributed by atoms with E-state index in [9.17, 15) is 4.79 Å². The Kier molecular flexibility index (Phi) is 4.81. The third kappa shape index (κ3) is 3.57. The highest BCUT2D eigenvalue weighted by Crippen LogP contribution is 2.27. The van der Waals surface area contributed by atoms with Gasteiger partial charge in [0.05, 0.1) is 0 Å². The zero-order valence-electron chi connectivity index (χ0n) is 13.5. The van der Waals surface area contributed by atoms with Gasteiger partial charge in [-0.1, -0.05) is 58.4 Å². The standard InChI is InChI=1S/C21H17BrO2/c1-14-12-18(22)13-15(2)21(14)24-20(23)11-10-17-8-5-7-16-6-3-4-9-19(16)17/h3-13H,1-2H3/b11-10+. The first-order valence-electron chi connectivity index (χ1n) is 7.69. The molecule has 0 aliphatic carbocycles. The number of hydrogen-bond donors (Lipinski definition) is 0. The maximum atomic E-state index is 12.2. The Balaban J connectivity index is 1.83. The van der Waals surface area contributed by atoms with E-state index in [4.69, 9.17) is 4.74 Å². The van der Waals surface area contributed by atoms with Crippen LogP contribution >= 0.6 is 15.9 Å². The second-order valence-electron chi connectivity index (χ2n) is 5.69. The molecule has 0 heterocycles. The number of fused-ring (bicyclic) bond motifs is 1. The zero-order chi connectivity index (χ0) is 17.1. The second kappa shape index (κ2) is 7.02. The number of carbonyl (C=O) groups is 1. The summed E-state index contributed by atoms with van der Waals surface area (Å²) in [6.45, 7) is 3.85. The molecule has 3 aromatic rings. The number of aryl methyl sites for hydroxylation is 2. The summed E-state index contributed by atoms with van der Waals surface area (Å²) in [4.78, 5) is 12.2. The van der Waals surface area contributed by atoms with Crippen LogP contribution in [0, 0.1) is 13.8 Å². The molecule has 120 valence electrons. The van der Waals surface area contributed by atoms with Crippen LogP contribution in [0.3, 0.4) is 0 Å². The number of hydrogen-bond acceptors (Lipinski definition) is 2. The highest BCUT2D eigenvalue weighted by atomic mass is 79.9. The van der Waals surface area contributed by atoms with E-state index in [1.807, 2.05) is 56.3 Å². The molecule has 0 aliphatic heterocycles. The third-order valence-electron chi connectivity index (χ3n) is 3.85. The maximum absolute atomic E-state index is 12.2. The predicted octanol–water partition coefficient (Wildman–Crippen LogP) is 5.84. The molecule has 0 saturated carbocycles. The largest absolute Gasteiger partial charge is 0.423 e. The van der Waals surface area contributed by atoms with E-state index in [1.54, 1.807) is 6.08 Å². The quantitative estimate of drug-likeness (QED) is 0.324. The molecule has 0 saturated heterocycles. The normalized spacial score (nSPS) is 11.1. The van der Waals surface area contributed by atoms with Gasteiger partial charge in [-0.2, -0.15) is 0 Å². The van der Waals surface area contributed by atoms with Gasteiger partial charge in [-0.3, -0.25) is 0 Å². The molecule has 3 heteroatoms. The van der Waals surface area contributed by atoms with Gasteiger partial charge in [-0.25, -0.2) is 4.79 Å². The van der Waals surface area contributed by atoms with Crippen molar-refractivity contribution in [1.29, 1.82) is 0 Å². The van der Waals surface area contributed by atoms with Gasteiger partial charge >= 0.3 is 5.97 Å². The molecule has 0 unspecified atom stereocenters. The summed E-state index contributed by atoms with van der Waals surface area (Å²) in [5.41, 5.74) is 2.84. The van der Waals surface area contributed by atoms with E-state index in [1.165, 1.54) is 6.08 Å². The molecular weight excluding hydrogens is 364 g/mol. The number of ether oxygens (including phenoxy) is 1. The minimum absolute atomic E-state index is 0.378. The molecule has 0 N–H and O–H groups in total. The summed E-state index contributed by atoms with van der Waals surface area (Å²) in [6.07, 6.45) is 3.27. The van der Waals surface area contributed by atoms with Crippen molar-refractivity contribution in [2.45, 2.75) is 13.8 Å². The highest BCUT2D eigenvalue weighted by molar-refractivity contribution is 9.10. The van der Waals surface area contributed by atoms with E-state index < -0.39 is 0 Å². The van der Waals surface area contributed by atoms with E-state index in [0.29, 0.717) is 5.75 Å². The monoisotopic (exact) mass is 380 g/mol. The molecule has 0 amide bonds. The van der Waals surface area contributed by atoms with Gasteiger partial charge in [-0.15, -0.1) is 0 Å². The second-order valence-corrected chi connectivity index (χ2v) is 6.61. The summed E-state index contributed by atoms with van der Waals surface area (Å²) in [6, 6.07) is 18.0. The van der Waals surface area contributed by atoms with E-state index in [2.05, 4.69) is 28.1 Å². The molecule has 3 aromatic carbocycles. The van der Waals surface area contributed by atoms with Crippen LogP contribution in [-0.2, 0) is 4.79 Å². The lowest BCUT2D eigenvalue weighted by Gasteiger charge is -2.09. The van der Waals surface area contributed by atoms with E-state index in [0.717, 1.165) is 31.9 Å². The van der Waals surface area contributed by atoms with Gasteiger partial charge in [0.1, 0.15) is 5.75 Å². The van der Waals surface area contributed by atoms with Crippen LogP contribution in [-0.4, -0.2) is 5.97 Å². The first kappa shape index (κ1) is 16.5. The summed E-state index contributed by atoms with van der Waals surface area (Å²) in [7, 11) is 0. The fourth-order valence-corrected chi connectivity index (χ4v) is 3.43. The first-order chi connectivity index (χ1) is 11.5. The van der Waals surface area contributed by atoms with Gasteiger partial charge in [0, 0.05) is 10.5 Å². The number of benzene rings is 3. The van der Waals surface area contributed by atoms with Crippen molar-refractivity contribution in [2.24, 2.45) is 0 Å². The van der Waals surface area contributed by atoms with Gasteiger partial charge in [0.15, 0.2) is 0 Å². The molecule has 0 aromatic heterocycles. The summed E-state index contributed by atoms with van der Waals surface area (Å²) >= 11 is 3.44. The fourth-order valence-electron chi connectivity index (χ4n) is 2.75. The molecule has 24 heavy (non-hydrogen) atoms. The SMILES string of the molecule is Cc1cc(Br)cc(C)c1OC(=O)/C=C/c1cccc2ccccc12. The van der Waals surface area contributed by atoms with Crippen molar-refractivity contribution < 1.29 is 9.53 Å². The molecule has 0 radical (unpaired) electrons. The lowest BCUT2D eigenvalue weighted by Crippen LogP contribution is -2.06. The van der Waals surface area contributed by atoms with Crippen LogP contribution < -0.4 is 4.74 Å². The summed E-state index contributed by atoms with van der Waals surface area (Å²) < 4.78 is 6.49. The van der Waals surface area contributed by atoms with Crippen molar-refractivity contribution in [3.05, 3.63) is 81.8 Å². The Morgan fingerprint density at radius 2 is 1.67 bits per heavy atom. The Bertz CT molecular complexity index is 913. The van der Waals surface area contributed by atoms with Crippen molar-refractivity contribution in [3.63, 3.8) is 0 Å². The third-order valence-corrected chi connectivity index (χ3v) is 4.31. The lowest BCUT2D eigenvalue weighted by molar-refractivity contribution is -0.129. The molecule has 0 aliphatic rings. The molecular formula is C21H17BrO2. The smallest absolute Gasteiger partial charge is 0.336 e. The first-order valence-corrected chi connectivity index (χ1v) is 8.48. The average molecular weight is 381 g/mol. The Morgan fingerprint density at radius 3 is 2.42 bits per heavy atom. The highest BCUT2D eigenvalue weighted by Gasteiger charge is 2.09. The van der Waals surface area contributed by atoms with Gasteiger partial charge in [-0.05, 0) is 59.5 Å². The van der Waals surface area contributed by atoms with Crippen LogP contribution in [0.5, 0.6) is 5.75 Å². The Hall–Kier alpha value is -2.39. The summed E-state index contributed by atoms with van der Waals surface area (Å²) in [5, 5.41) is 2.26. The number of rotatable bonds is 3. The lowest BCUT2D eigenvalue weighted by atomic mass is 10.0. The molecule has 0 atom stereocenters. The van der Waals surface area contributed by atoms with Crippen molar-refractivity contribution in [2.75, 3.05) is 0 Å². The van der Waals surface area contributed by atoms with Crippen molar-refractivity contribution in [1.82, 2.24) is 0 Å². The van der Waals surface area contributed by atoms with Crippen LogP contribution in [0.1, 0.15) is 16.7 Å². The molecule has 2 nitrogen and oxygen atoms in total. The van der Waals surface area contributed by atoms with E-state index in [-0.39, 0.29) is 5.97 Å². The summed E-state index contributed by atoms with van der Waals surface area (Å²) in [5.74, 6) is 0.238. The fraction of sp³-hybridized carbons (Fsp3) is 0.0952. The predicted molar refractivity (Wildman–Crippen MR) is 102 cm³/mol. The van der Waals surface area contributed by atoms with Crippen LogP contribution in [0.25, 0.3) is 16.8 Å².